The number of hydrazone groups is 1. The monoisotopic (exact) mass is 389 g/mol. The van der Waals surface area contributed by atoms with Crippen LogP contribution >= 0.6 is 0 Å². The van der Waals surface area contributed by atoms with E-state index in [1.807, 2.05) is 0 Å². The first-order valence-corrected chi connectivity index (χ1v) is 7.97. The first kappa shape index (κ1) is 20.5. The van der Waals surface area contributed by atoms with Crippen LogP contribution in [0.5, 0.6) is 23.0 Å². The number of ether oxygens (including phenoxy) is 4. The minimum Gasteiger partial charge on any atom is -0.493 e. The topological polar surface area (TPSA) is 122 Å². The molecule has 0 saturated heterocycles. The third-order valence-electron chi connectivity index (χ3n) is 3.49. The Labute approximate surface area is 160 Å². The number of carbonyl (C=O) groups is 1. The molecule has 1 amide bonds. The van der Waals surface area contributed by atoms with Gasteiger partial charge in [-0.25, -0.2) is 5.43 Å². The van der Waals surface area contributed by atoms with Crippen LogP contribution < -0.4 is 24.4 Å². The predicted octanol–water partition coefficient (Wildman–Crippen LogP) is 2.15. The number of rotatable bonds is 9. The Morgan fingerprint density at radius 3 is 2.39 bits per heavy atom. The van der Waals surface area contributed by atoms with Crippen LogP contribution in [0.25, 0.3) is 0 Å². The van der Waals surface area contributed by atoms with Gasteiger partial charge in [-0.2, -0.15) is 5.10 Å². The molecular formula is C18H19N3O7. The van der Waals surface area contributed by atoms with Crippen molar-refractivity contribution in [3.63, 3.8) is 0 Å². The molecule has 0 unspecified atom stereocenters. The molecule has 0 spiro atoms. The van der Waals surface area contributed by atoms with Crippen LogP contribution in [-0.2, 0) is 4.79 Å². The molecule has 2 aromatic carbocycles. The Kier molecular flexibility index (Phi) is 7.14. The number of hydrogen-bond acceptors (Lipinski definition) is 8. The highest BCUT2D eigenvalue weighted by molar-refractivity contribution is 5.84. The number of non-ortho nitro benzene ring substituents is 1. The quantitative estimate of drug-likeness (QED) is 0.396. The van der Waals surface area contributed by atoms with Crippen molar-refractivity contribution in [2.24, 2.45) is 5.10 Å². The van der Waals surface area contributed by atoms with E-state index < -0.39 is 10.8 Å². The highest BCUT2D eigenvalue weighted by Crippen LogP contribution is 2.37. The SMILES string of the molecule is COc1cc(/C=N/NC(=O)COc2cccc([N+](=O)[O-])c2)cc(OC)c1OC. The summed E-state index contributed by atoms with van der Waals surface area (Å²) in [6, 6.07) is 8.86. The molecule has 0 atom stereocenters. The maximum absolute atomic E-state index is 11.8. The van der Waals surface area contributed by atoms with Crippen LogP contribution in [0.4, 0.5) is 5.69 Å². The van der Waals surface area contributed by atoms with Gasteiger partial charge >= 0.3 is 0 Å². The molecule has 10 heteroatoms. The van der Waals surface area contributed by atoms with Crippen molar-refractivity contribution in [3.05, 3.63) is 52.1 Å². The van der Waals surface area contributed by atoms with E-state index in [0.29, 0.717) is 22.8 Å². The molecule has 0 radical (unpaired) electrons. The number of nitrogens with zero attached hydrogens (tertiary/aromatic N) is 2. The number of carbonyl (C=O) groups excluding carboxylic acids is 1. The molecule has 0 aromatic heterocycles. The predicted molar refractivity (Wildman–Crippen MR) is 100 cm³/mol. The van der Waals surface area contributed by atoms with E-state index >= 15 is 0 Å². The van der Waals surface area contributed by atoms with Gasteiger partial charge in [-0.15, -0.1) is 0 Å². The molecule has 10 nitrogen and oxygen atoms in total. The number of nitro benzene ring substituents is 1. The van der Waals surface area contributed by atoms with Crippen LogP contribution in [-0.4, -0.2) is 45.0 Å². The summed E-state index contributed by atoms with van der Waals surface area (Å²) in [7, 11) is 4.48. The molecule has 1 N–H and O–H groups in total. The van der Waals surface area contributed by atoms with Crippen LogP contribution in [0.1, 0.15) is 5.56 Å². The Morgan fingerprint density at radius 1 is 1.14 bits per heavy atom. The standard InChI is InChI=1S/C18H19N3O7/c1-25-15-7-12(8-16(26-2)18(15)27-3)10-19-20-17(22)11-28-14-6-4-5-13(9-14)21(23)24/h4-10H,11H2,1-3H3,(H,20,22)/b19-10+. The van der Waals surface area contributed by atoms with Crippen molar-refractivity contribution in [2.75, 3.05) is 27.9 Å². The molecular weight excluding hydrogens is 370 g/mol. The molecule has 0 saturated carbocycles. The second kappa shape index (κ2) is 9.76. The fourth-order valence-electron chi connectivity index (χ4n) is 2.22. The lowest BCUT2D eigenvalue weighted by Crippen LogP contribution is -2.24. The Morgan fingerprint density at radius 2 is 1.82 bits per heavy atom. The van der Waals surface area contributed by atoms with Crippen molar-refractivity contribution in [2.45, 2.75) is 0 Å². The van der Waals surface area contributed by atoms with Gasteiger partial charge in [0.1, 0.15) is 5.75 Å². The minimum atomic E-state index is -0.547. The highest BCUT2D eigenvalue weighted by atomic mass is 16.6. The second-order valence-electron chi connectivity index (χ2n) is 5.29. The third kappa shape index (κ3) is 5.34. The average molecular weight is 389 g/mol. The lowest BCUT2D eigenvalue weighted by molar-refractivity contribution is -0.384. The number of methoxy groups -OCH3 is 3. The van der Waals surface area contributed by atoms with Crippen molar-refractivity contribution in [1.29, 1.82) is 0 Å². The smallest absolute Gasteiger partial charge is 0.277 e. The molecule has 148 valence electrons. The molecule has 2 aromatic rings. The molecule has 0 bridgehead atoms. The number of hydrogen-bond donors (Lipinski definition) is 1. The van der Waals surface area contributed by atoms with Gasteiger partial charge in [0.05, 0.1) is 38.5 Å². The van der Waals surface area contributed by atoms with Gasteiger partial charge in [-0.05, 0) is 18.2 Å². The van der Waals surface area contributed by atoms with E-state index in [4.69, 9.17) is 18.9 Å². The van der Waals surface area contributed by atoms with Crippen molar-refractivity contribution in [1.82, 2.24) is 5.43 Å². The van der Waals surface area contributed by atoms with Gasteiger partial charge in [0.2, 0.25) is 5.75 Å². The van der Waals surface area contributed by atoms with Gasteiger partial charge in [0.25, 0.3) is 11.6 Å². The molecule has 0 heterocycles. The van der Waals surface area contributed by atoms with E-state index in [1.54, 1.807) is 12.1 Å². The third-order valence-corrected chi connectivity index (χ3v) is 3.49. The van der Waals surface area contributed by atoms with Crippen molar-refractivity contribution >= 4 is 17.8 Å². The average Bonchev–Trinajstić information content (AvgIpc) is 2.71. The van der Waals surface area contributed by atoms with Gasteiger partial charge in [0, 0.05) is 11.6 Å². The number of benzene rings is 2. The van der Waals surface area contributed by atoms with E-state index in [0.717, 1.165) is 0 Å². The first-order valence-electron chi connectivity index (χ1n) is 7.97. The largest absolute Gasteiger partial charge is 0.493 e. The normalized spacial score (nSPS) is 10.4. The number of nitro groups is 1. The van der Waals surface area contributed by atoms with Gasteiger partial charge in [0.15, 0.2) is 18.1 Å². The Balaban J connectivity index is 1.96. The van der Waals surface area contributed by atoms with Crippen LogP contribution in [0.15, 0.2) is 41.5 Å². The van der Waals surface area contributed by atoms with Crippen LogP contribution in [0, 0.1) is 10.1 Å². The lowest BCUT2D eigenvalue weighted by Gasteiger charge is -2.12. The summed E-state index contributed by atoms with van der Waals surface area (Å²) >= 11 is 0. The van der Waals surface area contributed by atoms with E-state index in [1.165, 1.54) is 51.8 Å². The summed E-state index contributed by atoms with van der Waals surface area (Å²) in [4.78, 5) is 22.0. The fraction of sp³-hybridized carbons (Fsp3) is 0.222. The maximum atomic E-state index is 11.8. The molecule has 28 heavy (non-hydrogen) atoms. The summed E-state index contributed by atoms with van der Waals surface area (Å²) in [5.41, 5.74) is 2.78. The molecule has 0 fully saturated rings. The second-order valence-corrected chi connectivity index (χ2v) is 5.29. The zero-order chi connectivity index (χ0) is 20.5. The number of amides is 1. The van der Waals surface area contributed by atoms with Gasteiger partial charge in [-0.1, -0.05) is 6.07 Å². The summed E-state index contributed by atoms with van der Waals surface area (Å²) in [5, 5.41) is 14.6. The van der Waals surface area contributed by atoms with E-state index in [9.17, 15) is 14.9 Å². The van der Waals surface area contributed by atoms with Crippen LogP contribution in [0.2, 0.25) is 0 Å². The summed E-state index contributed by atoms with van der Waals surface area (Å²) in [5.74, 6) is 1.01. The Hall–Kier alpha value is -3.82. The van der Waals surface area contributed by atoms with E-state index in [2.05, 4.69) is 10.5 Å². The van der Waals surface area contributed by atoms with Gasteiger partial charge < -0.3 is 18.9 Å². The maximum Gasteiger partial charge on any atom is 0.277 e. The zero-order valence-electron chi connectivity index (χ0n) is 15.5. The van der Waals surface area contributed by atoms with Gasteiger partial charge in [-0.3, -0.25) is 14.9 Å². The minimum absolute atomic E-state index is 0.127. The molecule has 0 aliphatic heterocycles. The van der Waals surface area contributed by atoms with Crippen molar-refractivity contribution < 1.29 is 28.7 Å². The molecule has 2 rings (SSSR count). The fourth-order valence-corrected chi connectivity index (χ4v) is 2.22. The van der Waals surface area contributed by atoms with Crippen molar-refractivity contribution in [3.8, 4) is 23.0 Å². The summed E-state index contributed by atoms with van der Waals surface area (Å²) in [6.07, 6.45) is 1.40. The summed E-state index contributed by atoms with van der Waals surface area (Å²) < 4.78 is 20.9. The highest BCUT2D eigenvalue weighted by Gasteiger charge is 2.12. The number of nitrogens with one attached hydrogen (secondary N) is 1. The summed E-state index contributed by atoms with van der Waals surface area (Å²) in [6.45, 7) is -0.353. The zero-order valence-corrected chi connectivity index (χ0v) is 15.5. The lowest BCUT2D eigenvalue weighted by atomic mass is 10.2. The van der Waals surface area contributed by atoms with Crippen LogP contribution in [0.3, 0.4) is 0 Å². The molecule has 0 aliphatic rings. The first-order chi connectivity index (χ1) is 13.5. The molecule has 0 aliphatic carbocycles. The Bertz CT molecular complexity index is 858. The van der Waals surface area contributed by atoms with E-state index in [-0.39, 0.29) is 18.0 Å².